The summed E-state index contributed by atoms with van der Waals surface area (Å²) in [7, 11) is -8.24. The van der Waals surface area contributed by atoms with E-state index in [4.69, 9.17) is 0 Å². The second-order valence-electron chi connectivity index (χ2n) is 7.44. The lowest BCUT2D eigenvalue weighted by Crippen LogP contribution is -2.17. The third-order valence-electron chi connectivity index (χ3n) is 4.77. The molecule has 6 nitrogen and oxygen atoms in total. The number of anilines is 2. The van der Waals surface area contributed by atoms with Crippen LogP contribution in [-0.4, -0.2) is 16.8 Å². The maximum Gasteiger partial charge on any atom is 0.264 e. The summed E-state index contributed by atoms with van der Waals surface area (Å²) in [6.07, 6.45) is 0. The first-order chi connectivity index (χ1) is 14.4. The van der Waals surface area contributed by atoms with Gasteiger partial charge in [-0.05, 0) is 74.7 Å². The van der Waals surface area contributed by atoms with Crippen molar-refractivity contribution in [1.29, 1.82) is 0 Å². The minimum atomic E-state index is -4.26. The number of nitrogens with one attached hydrogen (secondary N) is 2. The van der Waals surface area contributed by atoms with Crippen LogP contribution in [0.25, 0.3) is 0 Å². The molecule has 0 aliphatic carbocycles. The van der Waals surface area contributed by atoms with E-state index in [0.29, 0.717) is 16.8 Å². The molecule has 0 spiro atoms. The maximum absolute atomic E-state index is 14.1. The van der Waals surface area contributed by atoms with Crippen molar-refractivity contribution in [3.05, 3.63) is 82.7 Å². The average molecular weight is 463 g/mol. The number of benzene rings is 3. The van der Waals surface area contributed by atoms with Gasteiger partial charge in [0, 0.05) is 0 Å². The van der Waals surface area contributed by atoms with Crippen LogP contribution in [-0.2, 0) is 20.0 Å². The zero-order chi connectivity index (χ0) is 23.0. The van der Waals surface area contributed by atoms with E-state index >= 15 is 0 Å². The first kappa shape index (κ1) is 22.8. The van der Waals surface area contributed by atoms with Crippen molar-refractivity contribution in [3.8, 4) is 0 Å². The fourth-order valence-corrected chi connectivity index (χ4v) is 5.47. The Morgan fingerprint density at radius 1 is 0.645 bits per heavy atom. The van der Waals surface area contributed by atoms with Crippen LogP contribution in [0.5, 0.6) is 0 Å². The lowest BCUT2D eigenvalue weighted by atomic mass is 10.1. The smallest absolute Gasteiger partial charge is 0.264 e. The summed E-state index contributed by atoms with van der Waals surface area (Å²) in [5.74, 6) is -0.893. The van der Waals surface area contributed by atoms with Gasteiger partial charge in [0.05, 0.1) is 16.3 Å². The molecule has 3 aromatic carbocycles. The Bertz CT molecular complexity index is 1370. The molecule has 3 rings (SSSR count). The van der Waals surface area contributed by atoms with Crippen LogP contribution in [0.2, 0.25) is 0 Å². The van der Waals surface area contributed by atoms with E-state index in [0.717, 1.165) is 17.2 Å². The third kappa shape index (κ3) is 5.05. The molecule has 9 heteroatoms. The van der Waals surface area contributed by atoms with Gasteiger partial charge in [-0.25, -0.2) is 21.2 Å². The summed E-state index contributed by atoms with van der Waals surface area (Å²) >= 11 is 0. The van der Waals surface area contributed by atoms with Gasteiger partial charge in [0.25, 0.3) is 20.0 Å². The first-order valence-corrected chi connectivity index (χ1v) is 12.4. The monoisotopic (exact) mass is 462 g/mol. The van der Waals surface area contributed by atoms with Crippen LogP contribution in [0, 0.1) is 33.5 Å². The molecule has 0 aliphatic heterocycles. The lowest BCUT2D eigenvalue weighted by molar-refractivity contribution is 0.569. The van der Waals surface area contributed by atoms with Crippen molar-refractivity contribution in [2.24, 2.45) is 0 Å². The minimum absolute atomic E-state index is 0.0457. The molecular weight excluding hydrogens is 439 g/mol. The normalized spacial score (nSPS) is 11.9. The van der Waals surface area contributed by atoms with E-state index in [9.17, 15) is 21.2 Å². The molecule has 3 aromatic rings. The van der Waals surface area contributed by atoms with Crippen LogP contribution in [0.1, 0.15) is 22.3 Å². The molecule has 0 saturated carbocycles. The highest BCUT2D eigenvalue weighted by atomic mass is 32.2. The Kier molecular flexibility index (Phi) is 6.11. The van der Waals surface area contributed by atoms with Gasteiger partial charge in [-0.15, -0.1) is 0 Å². The Hall–Kier alpha value is -2.91. The zero-order valence-electron chi connectivity index (χ0n) is 17.5. The molecule has 0 heterocycles. The standard InChI is InChI=1S/C22H23FN2O4S2/c1-14-6-10-20(17(4)11-14)24-30(26,27)18-8-7-16(3)21(13-18)25-31(28,29)22-12-15(2)5-9-19(22)23/h5-13,24-25H,1-4H3. The summed E-state index contributed by atoms with van der Waals surface area (Å²) < 4.78 is 70.2. The highest BCUT2D eigenvalue weighted by Crippen LogP contribution is 2.27. The number of halogens is 1. The van der Waals surface area contributed by atoms with Crippen molar-refractivity contribution < 1.29 is 21.2 Å². The highest BCUT2D eigenvalue weighted by Gasteiger charge is 2.22. The quantitative estimate of drug-likeness (QED) is 0.557. The lowest BCUT2D eigenvalue weighted by Gasteiger charge is -2.15. The average Bonchev–Trinajstić information content (AvgIpc) is 2.67. The molecule has 0 amide bonds. The van der Waals surface area contributed by atoms with E-state index < -0.39 is 30.8 Å². The van der Waals surface area contributed by atoms with Gasteiger partial charge in [0.1, 0.15) is 10.7 Å². The van der Waals surface area contributed by atoms with Crippen LogP contribution in [0.15, 0.2) is 64.4 Å². The molecule has 2 N–H and O–H groups in total. The SMILES string of the molecule is Cc1ccc(NS(=O)(=O)c2ccc(C)c(NS(=O)(=O)c3cc(C)ccc3F)c2)c(C)c1. The second-order valence-corrected chi connectivity index (χ2v) is 10.8. The third-order valence-corrected chi connectivity index (χ3v) is 7.51. The fraction of sp³-hybridized carbons (Fsp3) is 0.182. The Labute approximate surface area is 182 Å². The topological polar surface area (TPSA) is 92.3 Å². The molecule has 0 atom stereocenters. The van der Waals surface area contributed by atoms with E-state index in [-0.39, 0.29) is 10.6 Å². The number of hydrogen-bond donors (Lipinski definition) is 2. The molecule has 0 radical (unpaired) electrons. The van der Waals surface area contributed by atoms with E-state index in [2.05, 4.69) is 9.44 Å². The number of hydrogen-bond acceptors (Lipinski definition) is 4. The first-order valence-electron chi connectivity index (χ1n) is 9.39. The molecule has 0 aromatic heterocycles. The summed E-state index contributed by atoms with van der Waals surface area (Å²) in [6.45, 7) is 6.96. The van der Waals surface area contributed by atoms with Gasteiger partial charge in [-0.1, -0.05) is 29.8 Å². The summed E-state index contributed by atoms with van der Waals surface area (Å²) in [6, 6.07) is 13.1. The molecule has 164 valence electrons. The molecular formula is C22H23FN2O4S2. The van der Waals surface area contributed by atoms with E-state index in [1.54, 1.807) is 32.9 Å². The highest BCUT2D eigenvalue weighted by molar-refractivity contribution is 7.93. The van der Waals surface area contributed by atoms with Crippen LogP contribution in [0.3, 0.4) is 0 Å². The van der Waals surface area contributed by atoms with Crippen molar-refractivity contribution in [2.75, 3.05) is 9.44 Å². The summed E-state index contributed by atoms with van der Waals surface area (Å²) in [4.78, 5) is -0.631. The zero-order valence-corrected chi connectivity index (χ0v) is 19.2. The largest absolute Gasteiger partial charge is 0.279 e. The predicted molar refractivity (Wildman–Crippen MR) is 120 cm³/mol. The van der Waals surface area contributed by atoms with E-state index in [1.807, 2.05) is 13.0 Å². The van der Waals surface area contributed by atoms with Gasteiger partial charge in [0.2, 0.25) is 0 Å². The molecule has 0 bridgehead atoms. The van der Waals surface area contributed by atoms with Gasteiger partial charge >= 0.3 is 0 Å². The molecule has 0 saturated heterocycles. The van der Waals surface area contributed by atoms with Gasteiger partial charge in [-0.3, -0.25) is 9.44 Å². The number of aryl methyl sites for hydroxylation is 4. The minimum Gasteiger partial charge on any atom is -0.279 e. The van der Waals surface area contributed by atoms with Gasteiger partial charge in [0.15, 0.2) is 0 Å². The van der Waals surface area contributed by atoms with Crippen LogP contribution < -0.4 is 9.44 Å². The Morgan fingerprint density at radius 3 is 1.94 bits per heavy atom. The Morgan fingerprint density at radius 2 is 1.26 bits per heavy atom. The van der Waals surface area contributed by atoms with E-state index in [1.165, 1.54) is 30.3 Å². The predicted octanol–water partition coefficient (Wildman–Crippen LogP) is 4.66. The van der Waals surface area contributed by atoms with Crippen molar-refractivity contribution in [3.63, 3.8) is 0 Å². The molecule has 0 fully saturated rings. The van der Waals surface area contributed by atoms with Gasteiger partial charge < -0.3 is 0 Å². The van der Waals surface area contributed by atoms with Crippen molar-refractivity contribution in [1.82, 2.24) is 0 Å². The molecule has 0 aliphatic rings. The summed E-state index contributed by atoms with van der Waals surface area (Å²) in [5.41, 5.74) is 3.29. The van der Waals surface area contributed by atoms with Gasteiger partial charge in [-0.2, -0.15) is 0 Å². The maximum atomic E-state index is 14.1. The van der Waals surface area contributed by atoms with Crippen LogP contribution in [0.4, 0.5) is 15.8 Å². The molecule has 31 heavy (non-hydrogen) atoms. The van der Waals surface area contributed by atoms with Crippen molar-refractivity contribution in [2.45, 2.75) is 37.5 Å². The van der Waals surface area contributed by atoms with Crippen LogP contribution >= 0.6 is 0 Å². The Balaban J connectivity index is 1.97. The number of sulfonamides is 2. The second kappa shape index (κ2) is 8.32. The summed E-state index contributed by atoms with van der Waals surface area (Å²) in [5, 5.41) is 0. The van der Waals surface area contributed by atoms with Crippen molar-refractivity contribution >= 4 is 31.4 Å². The number of rotatable bonds is 6. The molecule has 0 unspecified atom stereocenters. The fourth-order valence-electron chi connectivity index (χ4n) is 3.03.